The summed E-state index contributed by atoms with van der Waals surface area (Å²) in [7, 11) is 0. The van der Waals surface area contributed by atoms with Crippen LogP contribution in [0.25, 0.3) is 0 Å². The lowest BCUT2D eigenvalue weighted by Gasteiger charge is -2.03. The highest BCUT2D eigenvalue weighted by Gasteiger charge is 2.03. The molecule has 1 aromatic rings. The molecule has 0 unspecified atom stereocenters. The van der Waals surface area contributed by atoms with Crippen molar-refractivity contribution in [1.29, 1.82) is 0 Å². The van der Waals surface area contributed by atoms with E-state index in [0.29, 0.717) is 11.5 Å². The van der Waals surface area contributed by atoms with Gasteiger partial charge in [0.1, 0.15) is 0 Å². The molecule has 1 rings (SSSR count). The maximum atomic E-state index is 10.5. The molecular formula is C10H11O2. The van der Waals surface area contributed by atoms with Gasteiger partial charge in [-0.2, -0.15) is 0 Å². The minimum Gasteiger partial charge on any atom is -0.478 e. The normalized spacial score (nSPS) is 10.2. The summed E-state index contributed by atoms with van der Waals surface area (Å²) < 4.78 is 0. The molecule has 0 aromatic heterocycles. The average molecular weight is 163 g/mol. The molecule has 12 heavy (non-hydrogen) atoms. The molecule has 0 spiro atoms. The zero-order valence-electron chi connectivity index (χ0n) is 7.16. The summed E-state index contributed by atoms with van der Waals surface area (Å²) in [6.45, 7) is 4.10. The molecule has 2 nitrogen and oxygen atoms in total. The van der Waals surface area contributed by atoms with Crippen molar-refractivity contribution in [1.82, 2.24) is 0 Å². The van der Waals surface area contributed by atoms with Crippen LogP contribution < -0.4 is 0 Å². The summed E-state index contributed by atoms with van der Waals surface area (Å²) in [5, 5.41) is 8.59. The first-order valence-corrected chi connectivity index (χ1v) is 3.86. The predicted molar refractivity (Wildman–Crippen MR) is 46.3 cm³/mol. The van der Waals surface area contributed by atoms with Gasteiger partial charge in [0, 0.05) is 0 Å². The molecule has 0 aliphatic carbocycles. The molecule has 0 aliphatic rings. The van der Waals surface area contributed by atoms with Crippen LogP contribution in [-0.4, -0.2) is 11.1 Å². The third kappa shape index (κ3) is 1.84. The molecule has 0 saturated carbocycles. The maximum Gasteiger partial charge on any atom is 0.335 e. The Bertz CT molecular complexity index is 272. The molecular weight excluding hydrogens is 152 g/mol. The number of hydrogen-bond acceptors (Lipinski definition) is 1. The number of hydrogen-bond donors (Lipinski definition) is 1. The summed E-state index contributed by atoms with van der Waals surface area (Å²) in [5.41, 5.74) is 1.33. The molecule has 0 atom stereocenters. The number of benzene rings is 1. The van der Waals surface area contributed by atoms with E-state index in [9.17, 15) is 4.79 Å². The Morgan fingerprint density at radius 1 is 1.50 bits per heavy atom. The summed E-state index contributed by atoms with van der Waals surface area (Å²) >= 11 is 0. The van der Waals surface area contributed by atoms with E-state index in [4.69, 9.17) is 5.11 Å². The lowest BCUT2D eigenvalue weighted by atomic mass is 10.0. The largest absolute Gasteiger partial charge is 0.478 e. The highest BCUT2D eigenvalue weighted by atomic mass is 16.4. The van der Waals surface area contributed by atoms with Crippen LogP contribution in [0, 0.1) is 6.07 Å². The van der Waals surface area contributed by atoms with E-state index in [1.54, 1.807) is 12.1 Å². The van der Waals surface area contributed by atoms with E-state index >= 15 is 0 Å². The van der Waals surface area contributed by atoms with Gasteiger partial charge in [-0.1, -0.05) is 19.9 Å². The molecule has 0 saturated heterocycles. The van der Waals surface area contributed by atoms with E-state index in [-0.39, 0.29) is 0 Å². The monoisotopic (exact) mass is 163 g/mol. The van der Waals surface area contributed by atoms with E-state index in [1.807, 2.05) is 13.8 Å². The van der Waals surface area contributed by atoms with Gasteiger partial charge < -0.3 is 5.11 Å². The molecule has 2 heteroatoms. The standard InChI is InChI=1S/C10H11O2/c1-7(2)8-3-5-9(6-4-8)10(11)12/h3,5-7H,1-2H3,(H,11,12). The Hall–Kier alpha value is -1.31. The van der Waals surface area contributed by atoms with Crippen molar-refractivity contribution in [3.05, 3.63) is 35.4 Å². The van der Waals surface area contributed by atoms with Crippen LogP contribution in [-0.2, 0) is 0 Å². The summed E-state index contributed by atoms with van der Waals surface area (Å²) in [4.78, 5) is 10.5. The Labute approximate surface area is 71.8 Å². The quantitative estimate of drug-likeness (QED) is 0.726. The fraction of sp³-hybridized carbons (Fsp3) is 0.300. The Balaban J connectivity index is 2.93. The van der Waals surface area contributed by atoms with E-state index in [0.717, 1.165) is 5.56 Å². The van der Waals surface area contributed by atoms with Crippen LogP contribution in [0.1, 0.15) is 35.7 Å². The fourth-order valence-corrected chi connectivity index (χ4v) is 0.929. The Morgan fingerprint density at radius 2 is 2.17 bits per heavy atom. The van der Waals surface area contributed by atoms with Crippen molar-refractivity contribution >= 4 is 5.97 Å². The summed E-state index contributed by atoms with van der Waals surface area (Å²) in [6.07, 6.45) is 0. The van der Waals surface area contributed by atoms with Crippen LogP contribution in [0.3, 0.4) is 0 Å². The molecule has 0 aliphatic heterocycles. The molecule has 0 heterocycles. The highest BCUT2D eigenvalue weighted by Crippen LogP contribution is 2.13. The molecule has 1 radical (unpaired) electrons. The first-order chi connectivity index (χ1) is 5.61. The average Bonchev–Trinajstić information content (AvgIpc) is 2.04. The Morgan fingerprint density at radius 3 is 2.50 bits per heavy atom. The van der Waals surface area contributed by atoms with Gasteiger partial charge in [0.15, 0.2) is 0 Å². The third-order valence-corrected chi connectivity index (χ3v) is 1.71. The van der Waals surface area contributed by atoms with Crippen LogP contribution in [0.15, 0.2) is 18.2 Å². The van der Waals surface area contributed by atoms with Crippen LogP contribution in [0.4, 0.5) is 0 Å². The van der Waals surface area contributed by atoms with Gasteiger partial charge in [0.25, 0.3) is 0 Å². The SMILES string of the molecule is CC(C)c1[c]cc(C(=O)O)cc1. The zero-order valence-corrected chi connectivity index (χ0v) is 7.16. The van der Waals surface area contributed by atoms with Gasteiger partial charge in [-0.3, -0.25) is 0 Å². The van der Waals surface area contributed by atoms with Crippen LogP contribution in [0.5, 0.6) is 0 Å². The summed E-state index contributed by atoms with van der Waals surface area (Å²) in [6, 6.07) is 7.85. The minimum atomic E-state index is -0.901. The molecule has 0 bridgehead atoms. The Kier molecular flexibility index (Phi) is 2.48. The van der Waals surface area contributed by atoms with Crippen LogP contribution >= 0.6 is 0 Å². The lowest BCUT2D eigenvalue weighted by molar-refractivity contribution is 0.0697. The van der Waals surface area contributed by atoms with E-state index in [2.05, 4.69) is 6.07 Å². The second-order valence-corrected chi connectivity index (χ2v) is 2.99. The molecule has 1 N–H and O–H groups in total. The lowest BCUT2D eigenvalue weighted by Crippen LogP contribution is -1.96. The number of carboxylic acid groups (broad SMARTS) is 1. The van der Waals surface area contributed by atoms with Gasteiger partial charge in [-0.05, 0) is 29.7 Å². The smallest absolute Gasteiger partial charge is 0.335 e. The van der Waals surface area contributed by atoms with Crippen molar-refractivity contribution in [3.8, 4) is 0 Å². The number of aromatic carboxylic acids is 1. The summed E-state index contributed by atoms with van der Waals surface area (Å²) in [5.74, 6) is -0.505. The van der Waals surface area contributed by atoms with E-state index < -0.39 is 5.97 Å². The van der Waals surface area contributed by atoms with Crippen molar-refractivity contribution in [2.45, 2.75) is 19.8 Å². The minimum absolute atomic E-state index is 0.291. The molecule has 0 amide bonds. The third-order valence-electron chi connectivity index (χ3n) is 1.71. The van der Waals surface area contributed by atoms with Gasteiger partial charge in [-0.15, -0.1) is 0 Å². The second-order valence-electron chi connectivity index (χ2n) is 2.99. The van der Waals surface area contributed by atoms with Crippen molar-refractivity contribution in [2.24, 2.45) is 0 Å². The van der Waals surface area contributed by atoms with Crippen molar-refractivity contribution < 1.29 is 9.90 Å². The molecule has 1 aromatic carbocycles. The molecule has 0 fully saturated rings. The van der Waals surface area contributed by atoms with Crippen molar-refractivity contribution in [2.75, 3.05) is 0 Å². The van der Waals surface area contributed by atoms with Gasteiger partial charge >= 0.3 is 5.97 Å². The fourth-order valence-electron chi connectivity index (χ4n) is 0.929. The number of carbonyl (C=O) groups is 1. The topological polar surface area (TPSA) is 37.3 Å². The van der Waals surface area contributed by atoms with Gasteiger partial charge in [0.05, 0.1) is 5.56 Å². The predicted octanol–water partition coefficient (Wildman–Crippen LogP) is 2.31. The van der Waals surface area contributed by atoms with Crippen LogP contribution in [0.2, 0.25) is 0 Å². The van der Waals surface area contributed by atoms with Gasteiger partial charge in [0.2, 0.25) is 0 Å². The van der Waals surface area contributed by atoms with Gasteiger partial charge in [-0.25, -0.2) is 4.79 Å². The molecule has 63 valence electrons. The second kappa shape index (κ2) is 3.39. The number of rotatable bonds is 2. The highest BCUT2D eigenvalue weighted by molar-refractivity contribution is 5.87. The number of carboxylic acids is 1. The zero-order chi connectivity index (χ0) is 9.14. The first-order valence-electron chi connectivity index (χ1n) is 3.86. The first kappa shape index (κ1) is 8.78. The van der Waals surface area contributed by atoms with E-state index in [1.165, 1.54) is 6.07 Å². The van der Waals surface area contributed by atoms with Crippen molar-refractivity contribution in [3.63, 3.8) is 0 Å². The maximum absolute atomic E-state index is 10.5.